The lowest BCUT2D eigenvalue weighted by molar-refractivity contribution is 0.0778. The van der Waals surface area contributed by atoms with E-state index in [4.69, 9.17) is 0 Å². The van der Waals surface area contributed by atoms with E-state index in [0.717, 1.165) is 0 Å². The summed E-state index contributed by atoms with van der Waals surface area (Å²) in [6.07, 6.45) is 0. The van der Waals surface area contributed by atoms with Gasteiger partial charge in [0.2, 0.25) is 0 Å². The summed E-state index contributed by atoms with van der Waals surface area (Å²) < 4.78 is 27.7. The minimum absolute atomic E-state index is 0.0497. The molecule has 0 aromatic heterocycles. The second-order valence-corrected chi connectivity index (χ2v) is 5.20. The molecule has 2 aromatic rings. The number of hydrogen-bond donors (Lipinski definition) is 0. The van der Waals surface area contributed by atoms with Gasteiger partial charge in [-0.2, -0.15) is 0 Å². The SMILES string of the molecule is CN(Cc1ccccc1F)C(=O)c1c(F)cccc1Br. The van der Waals surface area contributed by atoms with Crippen molar-refractivity contribution in [1.82, 2.24) is 4.90 Å². The molecule has 0 atom stereocenters. The van der Waals surface area contributed by atoms with E-state index in [1.54, 1.807) is 24.3 Å². The quantitative estimate of drug-likeness (QED) is 0.827. The molecule has 2 nitrogen and oxygen atoms in total. The van der Waals surface area contributed by atoms with Gasteiger partial charge < -0.3 is 4.90 Å². The van der Waals surface area contributed by atoms with Crippen molar-refractivity contribution in [2.45, 2.75) is 6.54 Å². The third-order valence-corrected chi connectivity index (χ3v) is 3.55. The Morgan fingerprint density at radius 3 is 2.40 bits per heavy atom. The van der Waals surface area contributed by atoms with Crippen molar-refractivity contribution in [1.29, 1.82) is 0 Å². The largest absolute Gasteiger partial charge is 0.337 e. The first kappa shape index (κ1) is 14.7. The number of halogens is 3. The summed E-state index contributed by atoms with van der Waals surface area (Å²) in [7, 11) is 1.51. The van der Waals surface area contributed by atoms with Gasteiger partial charge in [-0.25, -0.2) is 8.78 Å². The van der Waals surface area contributed by atoms with Crippen molar-refractivity contribution in [2.75, 3.05) is 7.05 Å². The standard InChI is InChI=1S/C15H12BrF2NO/c1-19(9-10-5-2-3-7-12(10)17)15(20)14-11(16)6-4-8-13(14)18/h2-8H,9H2,1H3. The summed E-state index contributed by atoms with van der Waals surface area (Å²) in [6.45, 7) is 0.0757. The molecule has 0 radical (unpaired) electrons. The molecule has 0 saturated carbocycles. The predicted octanol–water partition coefficient (Wildman–Crippen LogP) is 4.00. The average molecular weight is 340 g/mol. The Kier molecular flexibility index (Phi) is 4.49. The van der Waals surface area contributed by atoms with Crippen LogP contribution in [0.3, 0.4) is 0 Å². The summed E-state index contributed by atoms with van der Waals surface area (Å²) in [4.78, 5) is 13.5. The minimum atomic E-state index is -0.607. The molecule has 1 amide bonds. The third-order valence-electron chi connectivity index (χ3n) is 2.89. The first-order chi connectivity index (χ1) is 9.50. The maximum Gasteiger partial charge on any atom is 0.258 e. The van der Waals surface area contributed by atoms with Crippen LogP contribution in [0.1, 0.15) is 15.9 Å². The van der Waals surface area contributed by atoms with Gasteiger partial charge in [-0.05, 0) is 34.1 Å². The number of carbonyl (C=O) groups is 1. The van der Waals surface area contributed by atoms with Crippen LogP contribution in [0.5, 0.6) is 0 Å². The maximum atomic E-state index is 13.7. The van der Waals surface area contributed by atoms with Crippen LogP contribution in [-0.2, 0) is 6.54 Å². The van der Waals surface area contributed by atoms with Crippen LogP contribution in [-0.4, -0.2) is 17.9 Å². The Morgan fingerprint density at radius 1 is 1.10 bits per heavy atom. The number of hydrogen-bond acceptors (Lipinski definition) is 1. The van der Waals surface area contributed by atoms with Gasteiger partial charge in [-0.3, -0.25) is 4.79 Å². The summed E-state index contributed by atoms with van der Waals surface area (Å²) in [5.74, 6) is -1.50. The van der Waals surface area contributed by atoms with E-state index < -0.39 is 11.7 Å². The molecule has 2 aromatic carbocycles. The van der Waals surface area contributed by atoms with Crippen LogP contribution >= 0.6 is 15.9 Å². The molecule has 0 heterocycles. The predicted molar refractivity (Wildman–Crippen MR) is 76.3 cm³/mol. The number of nitrogens with zero attached hydrogens (tertiary/aromatic N) is 1. The molecule has 0 bridgehead atoms. The zero-order valence-corrected chi connectivity index (χ0v) is 12.3. The van der Waals surface area contributed by atoms with Gasteiger partial charge >= 0.3 is 0 Å². The molecular weight excluding hydrogens is 328 g/mol. The van der Waals surface area contributed by atoms with E-state index in [9.17, 15) is 13.6 Å². The van der Waals surface area contributed by atoms with Crippen molar-refractivity contribution < 1.29 is 13.6 Å². The van der Waals surface area contributed by atoms with Crippen LogP contribution in [0.2, 0.25) is 0 Å². The van der Waals surface area contributed by atoms with Crippen LogP contribution < -0.4 is 0 Å². The lowest BCUT2D eigenvalue weighted by atomic mass is 10.1. The zero-order valence-electron chi connectivity index (χ0n) is 10.7. The highest BCUT2D eigenvalue weighted by Gasteiger charge is 2.20. The van der Waals surface area contributed by atoms with Crippen LogP contribution in [0.15, 0.2) is 46.9 Å². The van der Waals surface area contributed by atoms with E-state index in [2.05, 4.69) is 15.9 Å². The second-order valence-electron chi connectivity index (χ2n) is 4.35. The molecule has 0 unspecified atom stereocenters. The van der Waals surface area contributed by atoms with Crippen LogP contribution in [0.4, 0.5) is 8.78 Å². The molecule has 0 aliphatic heterocycles. The van der Waals surface area contributed by atoms with Crippen molar-refractivity contribution in [3.8, 4) is 0 Å². The van der Waals surface area contributed by atoms with E-state index in [1.165, 1.54) is 30.1 Å². The number of benzene rings is 2. The van der Waals surface area contributed by atoms with Gasteiger partial charge in [-0.1, -0.05) is 24.3 Å². The van der Waals surface area contributed by atoms with E-state index >= 15 is 0 Å². The summed E-state index contributed by atoms with van der Waals surface area (Å²) in [5, 5.41) is 0. The highest BCUT2D eigenvalue weighted by Crippen LogP contribution is 2.22. The van der Waals surface area contributed by atoms with Gasteiger partial charge in [0.1, 0.15) is 11.6 Å². The van der Waals surface area contributed by atoms with Gasteiger partial charge in [0.15, 0.2) is 0 Å². The van der Waals surface area contributed by atoms with Crippen molar-refractivity contribution in [3.05, 3.63) is 69.7 Å². The Morgan fingerprint density at radius 2 is 1.75 bits per heavy atom. The lowest BCUT2D eigenvalue weighted by Crippen LogP contribution is -2.27. The molecule has 0 aliphatic carbocycles. The molecule has 0 fully saturated rings. The van der Waals surface area contributed by atoms with Gasteiger partial charge in [0.25, 0.3) is 5.91 Å². The topological polar surface area (TPSA) is 20.3 Å². The number of rotatable bonds is 3. The number of carbonyl (C=O) groups excluding carboxylic acids is 1. The highest BCUT2D eigenvalue weighted by atomic mass is 79.9. The monoisotopic (exact) mass is 339 g/mol. The molecular formula is C15H12BrF2NO. The van der Waals surface area contributed by atoms with E-state index in [0.29, 0.717) is 10.0 Å². The Bertz CT molecular complexity index is 625. The smallest absolute Gasteiger partial charge is 0.258 e. The molecule has 0 spiro atoms. The zero-order chi connectivity index (χ0) is 14.7. The van der Waals surface area contributed by atoms with Crippen molar-refractivity contribution in [2.24, 2.45) is 0 Å². The summed E-state index contributed by atoms with van der Waals surface area (Å²) in [6, 6.07) is 10.5. The Balaban J connectivity index is 2.24. The minimum Gasteiger partial charge on any atom is -0.337 e. The number of amides is 1. The second kappa shape index (κ2) is 6.13. The fraction of sp³-hybridized carbons (Fsp3) is 0.133. The molecule has 20 heavy (non-hydrogen) atoms. The Hall–Kier alpha value is -1.75. The highest BCUT2D eigenvalue weighted by molar-refractivity contribution is 9.10. The molecule has 0 saturated heterocycles. The van der Waals surface area contributed by atoms with Gasteiger partial charge in [0.05, 0.1) is 5.56 Å². The lowest BCUT2D eigenvalue weighted by Gasteiger charge is -2.18. The first-order valence-corrected chi connectivity index (χ1v) is 6.73. The first-order valence-electron chi connectivity index (χ1n) is 5.93. The molecule has 104 valence electrons. The van der Waals surface area contributed by atoms with Crippen molar-refractivity contribution >= 4 is 21.8 Å². The Labute approximate surface area is 124 Å². The average Bonchev–Trinajstić information content (AvgIpc) is 2.41. The van der Waals surface area contributed by atoms with Crippen molar-refractivity contribution in [3.63, 3.8) is 0 Å². The fourth-order valence-corrected chi connectivity index (χ4v) is 2.36. The fourth-order valence-electron chi connectivity index (χ4n) is 1.85. The van der Waals surface area contributed by atoms with E-state index in [1.807, 2.05) is 0 Å². The third kappa shape index (κ3) is 3.04. The molecule has 5 heteroatoms. The molecule has 2 rings (SSSR count). The summed E-state index contributed by atoms with van der Waals surface area (Å²) >= 11 is 3.15. The van der Waals surface area contributed by atoms with Crippen LogP contribution in [0.25, 0.3) is 0 Å². The molecule has 0 aliphatic rings. The van der Waals surface area contributed by atoms with Gasteiger partial charge in [0, 0.05) is 23.6 Å². The normalized spacial score (nSPS) is 10.4. The van der Waals surface area contributed by atoms with Gasteiger partial charge in [-0.15, -0.1) is 0 Å². The summed E-state index contributed by atoms with van der Waals surface area (Å²) in [5.41, 5.74) is 0.335. The maximum absolute atomic E-state index is 13.7. The molecule has 0 N–H and O–H groups in total. The van der Waals surface area contributed by atoms with Crippen LogP contribution in [0, 0.1) is 11.6 Å². The van der Waals surface area contributed by atoms with E-state index in [-0.39, 0.29) is 17.9 Å².